The van der Waals surface area contributed by atoms with Crippen molar-refractivity contribution in [3.05, 3.63) is 0 Å². The SMILES string of the molecule is CC1(NC(=O)C(=O)NCC(N)=S)CCS(=O)(=O)C1. The normalized spacial score (nSPS) is 25.4. The van der Waals surface area contributed by atoms with Crippen LogP contribution in [0.2, 0.25) is 0 Å². The minimum Gasteiger partial charge on any atom is -0.392 e. The number of thiocarbonyl (C=S) groups is 1. The van der Waals surface area contributed by atoms with E-state index in [2.05, 4.69) is 22.9 Å². The molecule has 0 radical (unpaired) electrons. The predicted molar refractivity (Wildman–Crippen MR) is 69.6 cm³/mol. The first-order chi connectivity index (χ1) is 8.14. The van der Waals surface area contributed by atoms with Crippen LogP contribution < -0.4 is 16.4 Å². The van der Waals surface area contributed by atoms with Gasteiger partial charge < -0.3 is 16.4 Å². The third kappa shape index (κ3) is 4.22. The topological polar surface area (TPSA) is 118 Å². The zero-order valence-electron chi connectivity index (χ0n) is 9.86. The van der Waals surface area contributed by atoms with Gasteiger partial charge in [-0.25, -0.2) is 8.42 Å². The summed E-state index contributed by atoms with van der Waals surface area (Å²) in [6, 6.07) is 0. The summed E-state index contributed by atoms with van der Waals surface area (Å²) in [7, 11) is -3.14. The smallest absolute Gasteiger partial charge is 0.309 e. The van der Waals surface area contributed by atoms with Crippen LogP contribution in [0.4, 0.5) is 0 Å². The van der Waals surface area contributed by atoms with Gasteiger partial charge in [0.15, 0.2) is 9.84 Å². The largest absolute Gasteiger partial charge is 0.392 e. The molecule has 1 fully saturated rings. The van der Waals surface area contributed by atoms with Crippen molar-refractivity contribution in [3.63, 3.8) is 0 Å². The van der Waals surface area contributed by atoms with Crippen molar-refractivity contribution < 1.29 is 18.0 Å². The summed E-state index contributed by atoms with van der Waals surface area (Å²) >= 11 is 4.55. The summed E-state index contributed by atoms with van der Waals surface area (Å²) in [4.78, 5) is 22.9. The van der Waals surface area contributed by atoms with E-state index in [-0.39, 0.29) is 23.0 Å². The fourth-order valence-electron chi connectivity index (χ4n) is 1.69. The van der Waals surface area contributed by atoms with Gasteiger partial charge in [0.1, 0.15) is 0 Å². The molecule has 0 aliphatic carbocycles. The maximum atomic E-state index is 11.5. The fourth-order valence-corrected chi connectivity index (χ4v) is 3.85. The Kier molecular flexibility index (Phi) is 4.28. The van der Waals surface area contributed by atoms with E-state index in [0.29, 0.717) is 6.42 Å². The summed E-state index contributed by atoms with van der Waals surface area (Å²) < 4.78 is 22.7. The maximum absolute atomic E-state index is 11.5. The van der Waals surface area contributed by atoms with Crippen molar-refractivity contribution in [2.75, 3.05) is 18.1 Å². The second-order valence-corrected chi connectivity index (χ2v) is 7.21. The van der Waals surface area contributed by atoms with Crippen LogP contribution in [0, 0.1) is 0 Å². The molecule has 0 saturated carbocycles. The molecule has 0 aromatic carbocycles. The zero-order chi connectivity index (χ0) is 14.0. The van der Waals surface area contributed by atoms with Gasteiger partial charge in [0.05, 0.1) is 28.6 Å². The van der Waals surface area contributed by atoms with E-state index in [1.807, 2.05) is 0 Å². The Morgan fingerprint density at radius 3 is 2.44 bits per heavy atom. The highest BCUT2D eigenvalue weighted by molar-refractivity contribution is 7.91. The van der Waals surface area contributed by atoms with Gasteiger partial charge >= 0.3 is 11.8 Å². The van der Waals surface area contributed by atoms with Gasteiger partial charge in [0.25, 0.3) is 0 Å². The van der Waals surface area contributed by atoms with Crippen LogP contribution in [0.1, 0.15) is 13.3 Å². The van der Waals surface area contributed by atoms with Gasteiger partial charge in [-0.3, -0.25) is 9.59 Å². The Morgan fingerprint density at radius 1 is 1.39 bits per heavy atom. The van der Waals surface area contributed by atoms with Crippen molar-refractivity contribution in [2.24, 2.45) is 5.73 Å². The Morgan fingerprint density at radius 2 is 2.00 bits per heavy atom. The lowest BCUT2D eigenvalue weighted by molar-refractivity contribution is -0.140. The van der Waals surface area contributed by atoms with E-state index < -0.39 is 27.2 Å². The number of rotatable bonds is 3. The quantitative estimate of drug-likeness (QED) is 0.412. The highest BCUT2D eigenvalue weighted by atomic mass is 32.2. The molecule has 102 valence electrons. The van der Waals surface area contributed by atoms with Crippen molar-refractivity contribution >= 4 is 38.9 Å². The lowest BCUT2D eigenvalue weighted by atomic mass is 10.0. The molecule has 4 N–H and O–H groups in total. The van der Waals surface area contributed by atoms with Gasteiger partial charge in [-0.15, -0.1) is 0 Å². The number of hydrogen-bond donors (Lipinski definition) is 3. The Labute approximate surface area is 110 Å². The van der Waals surface area contributed by atoms with E-state index in [9.17, 15) is 18.0 Å². The first kappa shape index (κ1) is 14.8. The van der Waals surface area contributed by atoms with Crippen LogP contribution >= 0.6 is 12.2 Å². The molecule has 18 heavy (non-hydrogen) atoms. The molecule has 0 spiro atoms. The van der Waals surface area contributed by atoms with E-state index >= 15 is 0 Å². The average molecular weight is 293 g/mol. The number of nitrogens with one attached hydrogen (secondary N) is 2. The number of carbonyl (C=O) groups excluding carboxylic acids is 2. The number of carbonyl (C=O) groups is 2. The van der Waals surface area contributed by atoms with Crippen LogP contribution in [-0.4, -0.2) is 48.8 Å². The molecule has 2 amide bonds. The predicted octanol–water partition coefficient (Wildman–Crippen LogP) is -1.92. The van der Waals surface area contributed by atoms with Gasteiger partial charge in [0.2, 0.25) is 0 Å². The summed E-state index contributed by atoms with van der Waals surface area (Å²) in [5, 5.41) is 4.65. The van der Waals surface area contributed by atoms with Crippen molar-refractivity contribution in [1.29, 1.82) is 0 Å². The molecule has 7 nitrogen and oxygen atoms in total. The molecule has 0 aromatic rings. The number of nitrogens with two attached hydrogens (primary N) is 1. The highest BCUT2D eigenvalue weighted by Crippen LogP contribution is 2.22. The summed E-state index contributed by atoms with van der Waals surface area (Å²) in [6.45, 7) is 1.52. The van der Waals surface area contributed by atoms with Crippen LogP contribution in [0.15, 0.2) is 0 Å². The number of hydrogen-bond acceptors (Lipinski definition) is 5. The molecule has 0 aromatic heterocycles. The molecule has 1 heterocycles. The van der Waals surface area contributed by atoms with Gasteiger partial charge in [-0.05, 0) is 13.3 Å². The second kappa shape index (κ2) is 5.19. The third-order valence-corrected chi connectivity index (χ3v) is 4.60. The standard InChI is InChI=1S/C9H15N3O4S2/c1-9(2-3-18(15,16)5-9)12-8(14)7(13)11-4-6(10)17/h2-5H2,1H3,(H2,10,17)(H,11,13)(H,12,14). The molecule has 1 atom stereocenters. The maximum Gasteiger partial charge on any atom is 0.309 e. The summed E-state index contributed by atoms with van der Waals surface area (Å²) in [5.41, 5.74) is 4.28. The van der Waals surface area contributed by atoms with Gasteiger partial charge in [-0.2, -0.15) is 0 Å². The molecule has 0 bridgehead atoms. The molecule has 9 heteroatoms. The molecule has 1 aliphatic heterocycles. The van der Waals surface area contributed by atoms with E-state index in [1.165, 1.54) is 0 Å². The monoisotopic (exact) mass is 293 g/mol. The first-order valence-corrected chi connectivity index (χ1v) is 7.46. The van der Waals surface area contributed by atoms with E-state index in [1.54, 1.807) is 6.92 Å². The van der Waals surface area contributed by atoms with E-state index in [0.717, 1.165) is 0 Å². The molecule has 1 unspecified atom stereocenters. The highest BCUT2D eigenvalue weighted by Gasteiger charge is 2.40. The Hall–Kier alpha value is -1.22. The molecule has 1 aliphatic rings. The van der Waals surface area contributed by atoms with Gasteiger partial charge in [0, 0.05) is 0 Å². The summed E-state index contributed by atoms with van der Waals surface area (Å²) in [6.07, 6.45) is 0.295. The fraction of sp³-hybridized carbons (Fsp3) is 0.667. The number of sulfone groups is 1. The zero-order valence-corrected chi connectivity index (χ0v) is 11.5. The van der Waals surface area contributed by atoms with E-state index in [4.69, 9.17) is 5.73 Å². The lowest BCUT2D eigenvalue weighted by Gasteiger charge is -2.23. The first-order valence-electron chi connectivity index (χ1n) is 5.23. The van der Waals surface area contributed by atoms with Crippen molar-refractivity contribution in [1.82, 2.24) is 10.6 Å². The second-order valence-electron chi connectivity index (χ2n) is 4.51. The molecule has 1 saturated heterocycles. The minimum atomic E-state index is -3.14. The molecular formula is C9H15N3O4S2. The van der Waals surface area contributed by atoms with Crippen LogP contribution in [0.25, 0.3) is 0 Å². The summed E-state index contributed by atoms with van der Waals surface area (Å²) in [5.74, 6) is -1.91. The van der Waals surface area contributed by atoms with Crippen LogP contribution in [0.3, 0.4) is 0 Å². The van der Waals surface area contributed by atoms with Crippen LogP contribution in [-0.2, 0) is 19.4 Å². The molecular weight excluding hydrogens is 278 g/mol. The van der Waals surface area contributed by atoms with Crippen LogP contribution in [0.5, 0.6) is 0 Å². The van der Waals surface area contributed by atoms with Crippen molar-refractivity contribution in [3.8, 4) is 0 Å². The minimum absolute atomic E-state index is 0.0122. The number of amides is 2. The third-order valence-electron chi connectivity index (χ3n) is 2.55. The van der Waals surface area contributed by atoms with Crippen molar-refractivity contribution in [2.45, 2.75) is 18.9 Å². The Balaban J connectivity index is 2.55. The lowest BCUT2D eigenvalue weighted by Crippen LogP contribution is -2.52. The average Bonchev–Trinajstić information content (AvgIpc) is 2.49. The Bertz CT molecular complexity index is 488. The molecule has 1 rings (SSSR count). The van der Waals surface area contributed by atoms with Gasteiger partial charge in [-0.1, -0.05) is 12.2 Å².